The number of hydrogen-bond donors (Lipinski definition) is 0. The van der Waals surface area contributed by atoms with Gasteiger partial charge >= 0.3 is 0 Å². The number of carbonyl (C=O) groups is 1. The van der Waals surface area contributed by atoms with Gasteiger partial charge in [0.05, 0.1) is 0 Å². The lowest BCUT2D eigenvalue weighted by molar-refractivity contribution is -0.131. The second kappa shape index (κ2) is 6.71. The molecule has 3 aliphatic rings. The zero-order chi connectivity index (χ0) is 17.4. The second-order valence-corrected chi connectivity index (χ2v) is 8.68. The van der Waals surface area contributed by atoms with Crippen LogP contribution < -0.4 is 0 Å². The summed E-state index contributed by atoms with van der Waals surface area (Å²) in [4.78, 5) is 14.9. The molecule has 3 fully saturated rings. The van der Waals surface area contributed by atoms with Gasteiger partial charge in [-0.2, -0.15) is 0 Å². The maximum Gasteiger partial charge on any atom is 0.222 e. The first-order valence-corrected chi connectivity index (χ1v) is 9.80. The molecule has 6 nitrogen and oxygen atoms in total. The minimum Gasteiger partial charge on any atom is -0.381 e. The lowest BCUT2D eigenvalue weighted by Gasteiger charge is -2.37. The normalized spacial score (nSPS) is 25.9. The first-order valence-electron chi connectivity index (χ1n) is 9.80. The van der Waals surface area contributed by atoms with E-state index in [-0.39, 0.29) is 11.3 Å². The summed E-state index contributed by atoms with van der Waals surface area (Å²) in [6, 6.07) is 0. The number of hydrogen-bond acceptors (Lipinski definition) is 4. The standard InChI is InChI=1S/C19H30N4O2/c1-14(2)10-23-13-20-21-18(23)16-11-22(17(24)9-15-3-4-15)12-19(16)5-7-25-8-6-19/h13-16H,3-12H2,1-2H3. The molecule has 0 radical (unpaired) electrons. The molecule has 0 bridgehead atoms. The van der Waals surface area contributed by atoms with E-state index in [9.17, 15) is 4.79 Å². The highest BCUT2D eigenvalue weighted by atomic mass is 16.5. The summed E-state index contributed by atoms with van der Waals surface area (Å²) in [7, 11) is 0. The third-order valence-corrected chi connectivity index (χ3v) is 6.17. The number of ether oxygens (including phenoxy) is 1. The molecule has 6 heteroatoms. The van der Waals surface area contributed by atoms with E-state index < -0.39 is 0 Å². The first-order chi connectivity index (χ1) is 12.1. The highest BCUT2D eigenvalue weighted by Crippen LogP contribution is 2.49. The second-order valence-electron chi connectivity index (χ2n) is 8.68. The number of aromatic nitrogens is 3. The van der Waals surface area contributed by atoms with Crippen molar-refractivity contribution in [1.82, 2.24) is 19.7 Å². The van der Waals surface area contributed by atoms with Crippen LogP contribution in [0.25, 0.3) is 0 Å². The zero-order valence-corrected chi connectivity index (χ0v) is 15.5. The van der Waals surface area contributed by atoms with Crippen LogP contribution in [0.3, 0.4) is 0 Å². The van der Waals surface area contributed by atoms with E-state index in [1.165, 1.54) is 12.8 Å². The Kier molecular flexibility index (Phi) is 4.56. The van der Waals surface area contributed by atoms with Crippen LogP contribution in [0.5, 0.6) is 0 Å². The largest absolute Gasteiger partial charge is 0.381 e. The molecule has 1 unspecified atom stereocenters. The van der Waals surface area contributed by atoms with Crippen LogP contribution in [0, 0.1) is 17.3 Å². The first kappa shape index (κ1) is 17.0. The van der Waals surface area contributed by atoms with E-state index in [4.69, 9.17) is 4.74 Å². The Morgan fingerprint density at radius 1 is 1.36 bits per heavy atom. The predicted octanol–water partition coefficient (Wildman–Crippen LogP) is 2.46. The smallest absolute Gasteiger partial charge is 0.222 e. The molecule has 0 aromatic carbocycles. The van der Waals surface area contributed by atoms with Crippen LogP contribution in [0.2, 0.25) is 0 Å². The third-order valence-electron chi connectivity index (χ3n) is 6.17. The van der Waals surface area contributed by atoms with Crippen LogP contribution >= 0.6 is 0 Å². The van der Waals surface area contributed by atoms with Crippen molar-refractivity contribution in [3.05, 3.63) is 12.2 Å². The van der Waals surface area contributed by atoms with Crippen LogP contribution in [-0.2, 0) is 16.1 Å². The van der Waals surface area contributed by atoms with Gasteiger partial charge in [0.15, 0.2) is 0 Å². The minimum atomic E-state index is 0.110. The molecule has 0 N–H and O–H groups in total. The van der Waals surface area contributed by atoms with Gasteiger partial charge in [-0.05, 0) is 37.5 Å². The zero-order valence-electron chi connectivity index (χ0n) is 15.5. The fourth-order valence-electron chi connectivity index (χ4n) is 4.56. The SMILES string of the molecule is CC(C)Cn1cnnc1C1CN(C(=O)CC2CC2)CC12CCOCC2. The summed E-state index contributed by atoms with van der Waals surface area (Å²) in [5.74, 6) is 2.88. The fraction of sp³-hybridized carbons (Fsp3) is 0.842. The molecule has 1 spiro atoms. The Labute approximate surface area is 149 Å². The van der Waals surface area contributed by atoms with Crippen LogP contribution in [0.15, 0.2) is 6.33 Å². The van der Waals surface area contributed by atoms with Gasteiger partial charge in [-0.25, -0.2) is 0 Å². The number of rotatable bonds is 5. The summed E-state index contributed by atoms with van der Waals surface area (Å²) >= 11 is 0. The van der Waals surface area contributed by atoms with E-state index >= 15 is 0 Å². The van der Waals surface area contributed by atoms with Crippen LogP contribution in [0.1, 0.15) is 57.7 Å². The van der Waals surface area contributed by atoms with Crippen LogP contribution in [-0.4, -0.2) is 51.9 Å². The number of amides is 1. The highest BCUT2D eigenvalue weighted by Gasteiger charge is 2.51. The molecule has 2 aliphatic heterocycles. The van der Waals surface area contributed by atoms with Gasteiger partial charge in [0.1, 0.15) is 12.2 Å². The molecule has 2 saturated heterocycles. The topological polar surface area (TPSA) is 60.2 Å². The molecule has 25 heavy (non-hydrogen) atoms. The predicted molar refractivity (Wildman–Crippen MR) is 94.0 cm³/mol. The summed E-state index contributed by atoms with van der Waals surface area (Å²) in [6.07, 6.45) is 7.07. The lowest BCUT2D eigenvalue weighted by Crippen LogP contribution is -2.38. The third kappa shape index (κ3) is 3.46. The van der Waals surface area contributed by atoms with E-state index in [1.54, 1.807) is 0 Å². The van der Waals surface area contributed by atoms with E-state index in [2.05, 4.69) is 33.5 Å². The van der Waals surface area contributed by atoms with Crippen molar-refractivity contribution in [3.63, 3.8) is 0 Å². The van der Waals surface area contributed by atoms with Crippen molar-refractivity contribution >= 4 is 5.91 Å². The van der Waals surface area contributed by atoms with Gasteiger partial charge in [-0.15, -0.1) is 10.2 Å². The average molecular weight is 346 g/mol. The summed E-state index contributed by atoms with van der Waals surface area (Å²) in [6.45, 7) is 8.60. The van der Waals surface area contributed by atoms with Crippen molar-refractivity contribution in [2.45, 2.75) is 58.4 Å². The average Bonchev–Trinajstić information content (AvgIpc) is 3.16. The van der Waals surface area contributed by atoms with Gasteiger partial charge in [-0.1, -0.05) is 13.8 Å². The van der Waals surface area contributed by atoms with E-state index in [0.717, 1.165) is 57.9 Å². The van der Waals surface area contributed by atoms with Gasteiger partial charge in [0.2, 0.25) is 5.91 Å². The van der Waals surface area contributed by atoms with Gasteiger partial charge in [0, 0.05) is 50.6 Å². The molecular formula is C19H30N4O2. The van der Waals surface area contributed by atoms with Crippen molar-refractivity contribution in [1.29, 1.82) is 0 Å². The molecule has 1 saturated carbocycles. The van der Waals surface area contributed by atoms with Crippen LogP contribution in [0.4, 0.5) is 0 Å². The van der Waals surface area contributed by atoms with Gasteiger partial charge < -0.3 is 14.2 Å². The maximum absolute atomic E-state index is 12.8. The molecule has 1 aromatic rings. The fourth-order valence-corrected chi connectivity index (χ4v) is 4.56. The van der Waals surface area contributed by atoms with Gasteiger partial charge in [-0.3, -0.25) is 4.79 Å². The minimum absolute atomic E-state index is 0.110. The Morgan fingerprint density at radius 3 is 2.80 bits per heavy atom. The molecule has 1 aromatic heterocycles. The maximum atomic E-state index is 12.8. The number of carbonyl (C=O) groups excluding carboxylic acids is 1. The van der Waals surface area contributed by atoms with Crippen molar-refractivity contribution < 1.29 is 9.53 Å². The lowest BCUT2D eigenvalue weighted by atomic mass is 9.71. The van der Waals surface area contributed by atoms with Crippen molar-refractivity contribution in [2.24, 2.45) is 17.3 Å². The molecule has 3 heterocycles. The Bertz CT molecular complexity index is 617. The molecule has 1 aliphatic carbocycles. The van der Waals surface area contributed by atoms with E-state index in [1.807, 2.05) is 6.33 Å². The molecule has 1 amide bonds. The number of likely N-dealkylation sites (tertiary alicyclic amines) is 1. The van der Waals surface area contributed by atoms with Crippen molar-refractivity contribution in [2.75, 3.05) is 26.3 Å². The molecule has 1 atom stereocenters. The van der Waals surface area contributed by atoms with E-state index in [0.29, 0.717) is 17.7 Å². The van der Waals surface area contributed by atoms with Crippen molar-refractivity contribution in [3.8, 4) is 0 Å². The van der Waals surface area contributed by atoms with Gasteiger partial charge in [0.25, 0.3) is 0 Å². The molecule has 4 rings (SSSR count). The summed E-state index contributed by atoms with van der Waals surface area (Å²) < 4.78 is 7.85. The quantitative estimate of drug-likeness (QED) is 0.822. The Morgan fingerprint density at radius 2 is 2.12 bits per heavy atom. The molecular weight excluding hydrogens is 316 g/mol. The Balaban J connectivity index is 1.59. The summed E-state index contributed by atoms with van der Waals surface area (Å²) in [5.41, 5.74) is 0.110. The number of nitrogens with zero attached hydrogens (tertiary/aromatic N) is 4. The highest BCUT2D eigenvalue weighted by molar-refractivity contribution is 5.77. The summed E-state index contributed by atoms with van der Waals surface area (Å²) in [5, 5.41) is 8.71. The molecule has 138 valence electrons. The monoisotopic (exact) mass is 346 g/mol. The Hall–Kier alpha value is -1.43.